The summed E-state index contributed by atoms with van der Waals surface area (Å²) in [6, 6.07) is 4.58. The van der Waals surface area contributed by atoms with Crippen molar-refractivity contribution in [1.29, 1.82) is 0 Å². The molecular formula is C11H9BrO5. The second-order valence-corrected chi connectivity index (χ2v) is 4.08. The van der Waals surface area contributed by atoms with Crippen molar-refractivity contribution in [3.05, 3.63) is 46.2 Å². The normalized spacial score (nSPS) is 12.4. The first-order valence-corrected chi connectivity index (χ1v) is 5.51. The zero-order valence-corrected chi connectivity index (χ0v) is 10.4. The number of esters is 1. The fraction of sp³-hybridized carbons (Fsp3) is 0.182. The summed E-state index contributed by atoms with van der Waals surface area (Å²) >= 11 is 3.23. The lowest BCUT2D eigenvalue weighted by molar-refractivity contribution is 0.0556. The first-order chi connectivity index (χ1) is 8.13. The molecular weight excluding hydrogens is 292 g/mol. The van der Waals surface area contributed by atoms with Crippen LogP contribution < -0.4 is 0 Å². The molecule has 0 saturated heterocycles. The lowest BCUT2D eigenvalue weighted by Gasteiger charge is -2.04. The summed E-state index contributed by atoms with van der Waals surface area (Å²) < 4.78 is 15.4. The molecule has 0 bridgehead atoms. The number of hydrogen-bond acceptors (Lipinski definition) is 5. The second-order valence-electron chi connectivity index (χ2n) is 3.23. The Hall–Kier alpha value is -1.53. The van der Waals surface area contributed by atoms with E-state index >= 15 is 0 Å². The third-order valence-electron chi connectivity index (χ3n) is 2.18. The van der Waals surface area contributed by atoms with Gasteiger partial charge < -0.3 is 18.7 Å². The lowest BCUT2D eigenvalue weighted by atomic mass is 10.2. The van der Waals surface area contributed by atoms with E-state index in [0.717, 1.165) is 0 Å². The highest BCUT2D eigenvalue weighted by Crippen LogP contribution is 2.30. The predicted molar refractivity (Wildman–Crippen MR) is 60.5 cm³/mol. The predicted octanol–water partition coefficient (Wildman–Crippen LogP) is 2.50. The third kappa shape index (κ3) is 2.27. The van der Waals surface area contributed by atoms with Gasteiger partial charge in [0.15, 0.2) is 11.9 Å². The maximum Gasteiger partial charge on any atom is 0.373 e. The van der Waals surface area contributed by atoms with Crippen LogP contribution in [0.2, 0.25) is 0 Å². The SMILES string of the molecule is COC(=O)c1ccc(C(O)c2occc2Br)o1. The topological polar surface area (TPSA) is 72.8 Å². The van der Waals surface area contributed by atoms with Gasteiger partial charge in [0.05, 0.1) is 17.8 Å². The van der Waals surface area contributed by atoms with Gasteiger partial charge in [0.25, 0.3) is 0 Å². The number of halogens is 1. The molecule has 0 amide bonds. The van der Waals surface area contributed by atoms with Crippen molar-refractivity contribution in [2.24, 2.45) is 0 Å². The van der Waals surface area contributed by atoms with Gasteiger partial charge in [-0.05, 0) is 34.1 Å². The van der Waals surface area contributed by atoms with Crippen molar-refractivity contribution in [3.8, 4) is 0 Å². The minimum Gasteiger partial charge on any atom is -0.465 e. The number of aliphatic hydroxyl groups excluding tert-OH is 1. The van der Waals surface area contributed by atoms with E-state index in [1.54, 1.807) is 6.07 Å². The molecule has 2 heterocycles. The summed E-state index contributed by atoms with van der Waals surface area (Å²) in [7, 11) is 1.25. The quantitative estimate of drug-likeness (QED) is 0.882. The second kappa shape index (κ2) is 4.77. The fourth-order valence-electron chi connectivity index (χ4n) is 1.34. The molecule has 0 radical (unpaired) electrons. The Morgan fingerprint density at radius 3 is 2.82 bits per heavy atom. The molecule has 0 aliphatic rings. The first-order valence-electron chi connectivity index (χ1n) is 4.72. The van der Waals surface area contributed by atoms with Crippen LogP contribution in [0.4, 0.5) is 0 Å². The molecule has 1 unspecified atom stereocenters. The van der Waals surface area contributed by atoms with Crippen LogP contribution in [-0.4, -0.2) is 18.2 Å². The van der Waals surface area contributed by atoms with Crippen molar-refractivity contribution >= 4 is 21.9 Å². The van der Waals surface area contributed by atoms with Crippen LogP contribution in [0, 0.1) is 0 Å². The maximum atomic E-state index is 11.2. The van der Waals surface area contributed by atoms with Crippen molar-refractivity contribution in [2.45, 2.75) is 6.10 Å². The highest BCUT2D eigenvalue weighted by Gasteiger charge is 2.22. The molecule has 17 heavy (non-hydrogen) atoms. The largest absolute Gasteiger partial charge is 0.465 e. The molecule has 1 N–H and O–H groups in total. The fourth-order valence-corrected chi connectivity index (χ4v) is 1.76. The Morgan fingerprint density at radius 1 is 1.47 bits per heavy atom. The molecule has 2 aromatic rings. The zero-order valence-electron chi connectivity index (χ0n) is 8.84. The van der Waals surface area contributed by atoms with E-state index in [2.05, 4.69) is 20.7 Å². The van der Waals surface area contributed by atoms with Crippen LogP contribution in [0.5, 0.6) is 0 Å². The van der Waals surface area contributed by atoms with E-state index in [1.165, 1.54) is 25.5 Å². The van der Waals surface area contributed by atoms with E-state index in [4.69, 9.17) is 8.83 Å². The molecule has 0 aliphatic carbocycles. The molecule has 2 aromatic heterocycles. The van der Waals surface area contributed by atoms with Gasteiger partial charge in [-0.3, -0.25) is 0 Å². The molecule has 6 heteroatoms. The Balaban J connectivity index is 2.26. The Bertz CT molecular complexity index is 527. The van der Waals surface area contributed by atoms with Crippen LogP contribution in [0.3, 0.4) is 0 Å². The molecule has 1 atom stereocenters. The molecule has 0 saturated carbocycles. The number of carbonyl (C=O) groups is 1. The van der Waals surface area contributed by atoms with E-state index in [1.807, 2.05) is 0 Å². The van der Waals surface area contributed by atoms with Gasteiger partial charge in [0.2, 0.25) is 5.76 Å². The summed E-state index contributed by atoms with van der Waals surface area (Å²) in [6.07, 6.45) is 0.366. The molecule has 0 aromatic carbocycles. The van der Waals surface area contributed by atoms with Crippen molar-refractivity contribution in [3.63, 3.8) is 0 Å². The van der Waals surface area contributed by atoms with E-state index in [0.29, 0.717) is 10.2 Å². The van der Waals surface area contributed by atoms with Gasteiger partial charge in [-0.2, -0.15) is 0 Å². The van der Waals surface area contributed by atoms with E-state index in [9.17, 15) is 9.90 Å². The van der Waals surface area contributed by atoms with Gasteiger partial charge in [0.1, 0.15) is 5.76 Å². The number of furan rings is 2. The Labute approximate surface area is 105 Å². The van der Waals surface area contributed by atoms with Crippen molar-refractivity contribution < 1.29 is 23.5 Å². The monoisotopic (exact) mass is 300 g/mol. The van der Waals surface area contributed by atoms with Crippen LogP contribution in [0.1, 0.15) is 28.2 Å². The van der Waals surface area contributed by atoms with Gasteiger partial charge >= 0.3 is 5.97 Å². The molecule has 90 valence electrons. The van der Waals surface area contributed by atoms with E-state index in [-0.39, 0.29) is 11.5 Å². The summed E-state index contributed by atoms with van der Waals surface area (Å²) in [4.78, 5) is 11.2. The van der Waals surface area contributed by atoms with Crippen LogP contribution in [-0.2, 0) is 4.74 Å². The van der Waals surface area contributed by atoms with Gasteiger partial charge in [-0.15, -0.1) is 0 Å². The first kappa shape index (κ1) is 11.9. The van der Waals surface area contributed by atoms with Crippen LogP contribution in [0.15, 0.2) is 37.8 Å². The smallest absolute Gasteiger partial charge is 0.373 e. The number of rotatable bonds is 3. The van der Waals surface area contributed by atoms with E-state index < -0.39 is 12.1 Å². The number of ether oxygens (including phenoxy) is 1. The number of hydrogen-bond donors (Lipinski definition) is 1. The highest BCUT2D eigenvalue weighted by atomic mass is 79.9. The summed E-state index contributed by atoms with van der Waals surface area (Å²) in [6.45, 7) is 0. The van der Waals surface area contributed by atoms with Crippen LogP contribution >= 0.6 is 15.9 Å². The zero-order chi connectivity index (χ0) is 12.4. The average molecular weight is 301 g/mol. The Morgan fingerprint density at radius 2 is 2.24 bits per heavy atom. The summed E-state index contributed by atoms with van der Waals surface area (Å²) in [5.74, 6) is -0.0389. The molecule has 2 rings (SSSR count). The molecule has 0 spiro atoms. The maximum absolute atomic E-state index is 11.2. The highest BCUT2D eigenvalue weighted by molar-refractivity contribution is 9.10. The summed E-state index contributed by atoms with van der Waals surface area (Å²) in [5.41, 5.74) is 0. The third-order valence-corrected chi connectivity index (χ3v) is 2.83. The molecule has 0 aliphatic heterocycles. The molecule has 5 nitrogen and oxygen atoms in total. The van der Waals surface area contributed by atoms with Gasteiger partial charge in [-0.25, -0.2) is 4.79 Å². The molecule has 0 fully saturated rings. The lowest BCUT2D eigenvalue weighted by Crippen LogP contribution is -2.00. The standard InChI is InChI=1S/C11H9BrO5/c1-15-11(14)8-3-2-7(17-8)9(13)10-6(12)4-5-16-10/h2-5,9,13H,1H3. The van der Waals surface area contributed by atoms with Gasteiger partial charge in [-0.1, -0.05) is 0 Å². The summed E-state index contributed by atoms with van der Waals surface area (Å²) in [5, 5.41) is 9.96. The minimum absolute atomic E-state index is 0.0317. The average Bonchev–Trinajstić information content (AvgIpc) is 2.95. The number of methoxy groups -OCH3 is 1. The number of carbonyl (C=O) groups excluding carboxylic acids is 1. The van der Waals surface area contributed by atoms with Crippen molar-refractivity contribution in [2.75, 3.05) is 7.11 Å². The number of aliphatic hydroxyl groups is 1. The van der Waals surface area contributed by atoms with Crippen molar-refractivity contribution in [1.82, 2.24) is 0 Å². The van der Waals surface area contributed by atoms with Gasteiger partial charge in [0, 0.05) is 0 Å². The Kier molecular flexibility index (Phi) is 3.35. The minimum atomic E-state index is -1.07. The van der Waals surface area contributed by atoms with Crippen LogP contribution in [0.25, 0.3) is 0 Å².